The first-order valence-electron chi connectivity index (χ1n) is 5.91. The second-order valence-corrected chi connectivity index (χ2v) is 5.83. The van der Waals surface area contributed by atoms with Crippen molar-refractivity contribution in [2.75, 3.05) is 19.7 Å². The maximum absolute atomic E-state index is 5.97. The third-order valence-corrected chi connectivity index (χ3v) is 3.67. The molecule has 2 heteroatoms. The quantitative estimate of drug-likeness (QED) is 0.591. The van der Waals surface area contributed by atoms with Crippen molar-refractivity contribution in [2.24, 2.45) is 0 Å². The molecule has 2 saturated heterocycles. The van der Waals surface area contributed by atoms with Crippen molar-refractivity contribution < 1.29 is 4.74 Å². The number of likely N-dealkylation sites (tertiary alicyclic amines) is 1. The minimum Gasteiger partial charge on any atom is -0.374 e. The summed E-state index contributed by atoms with van der Waals surface area (Å²) in [7, 11) is 0. The van der Waals surface area contributed by atoms with E-state index in [1.807, 2.05) is 0 Å². The summed E-state index contributed by atoms with van der Waals surface area (Å²) in [5.41, 5.74) is 0.533. The number of ether oxygens (including phenoxy) is 1. The molecule has 0 aromatic carbocycles. The van der Waals surface area contributed by atoms with Crippen LogP contribution in [-0.4, -0.2) is 35.7 Å². The van der Waals surface area contributed by atoms with Gasteiger partial charge in [-0.05, 0) is 53.0 Å². The van der Waals surface area contributed by atoms with Crippen LogP contribution in [-0.2, 0) is 4.74 Å². The van der Waals surface area contributed by atoms with Gasteiger partial charge in [0.05, 0.1) is 5.60 Å². The standard InChI is InChI=1S/C12H23NO/c1-11(2,3)13-8-4-6-12(10-13)7-5-9-14-12/h4-10H2,1-3H3. The summed E-state index contributed by atoms with van der Waals surface area (Å²) < 4.78 is 5.97. The van der Waals surface area contributed by atoms with Crippen LogP contribution in [0.4, 0.5) is 0 Å². The van der Waals surface area contributed by atoms with Gasteiger partial charge < -0.3 is 4.74 Å². The molecule has 0 aliphatic carbocycles. The van der Waals surface area contributed by atoms with Gasteiger partial charge in [0.25, 0.3) is 0 Å². The molecule has 0 N–H and O–H groups in total. The fourth-order valence-corrected chi connectivity index (χ4v) is 2.75. The van der Waals surface area contributed by atoms with E-state index in [1.165, 1.54) is 32.2 Å². The Morgan fingerprint density at radius 1 is 1.14 bits per heavy atom. The van der Waals surface area contributed by atoms with Gasteiger partial charge in [0.15, 0.2) is 0 Å². The highest BCUT2D eigenvalue weighted by Gasteiger charge is 2.41. The molecule has 2 fully saturated rings. The number of nitrogens with zero attached hydrogens (tertiary/aromatic N) is 1. The van der Waals surface area contributed by atoms with Crippen LogP contribution in [0.15, 0.2) is 0 Å². The zero-order valence-corrected chi connectivity index (χ0v) is 9.81. The van der Waals surface area contributed by atoms with Gasteiger partial charge in [-0.25, -0.2) is 0 Å². The molecule has 0 aromatic rings. The van der Waals surface area contributed by atoms with Crippen LogP contribution in [0.25, 0.3) is 0 Å². The van der Waals surface area contributed by atoms with E-state index >= 15 is 0 Å². The van der Waals surface area contributed by atoms with Gasteiger partial charge in [0.2, 0.25) is 0 Å². The number of hydrogen-bond donors (Lipinski definition) is 0. The van der Waals surface area contributed by atoms with E-state index in [2.05, 4.69) is 25.7 Å². The zero-order valence-electron chi connectivity index (χ0n) is 9.81. The molecule has 14 heavy (non-hydrogen) atoms. The second kappa shape index (κ2) is 3.49. The number of piperidine rings is 1. The van der Waals surface area contributed by atoms with Gasteiger partial charge in [-0.1, -0.05) is 0 Å². The summed E-state index contributed by atoms with van der Waals surface area (Å²) in [5.74, 6) is 0. The molecule has 0 amide bonds. The molecule has 0 bridgehead atoms. The average molecular weight is 197 g/mol. The van der Waals surface area contributed by atoms with E-state index in [0.717, 1.165) is 13.2 Å². The summed E-state index contributed by atoms with van der Waals surface area (Å²) in [5, 5.41) is 0. The van der Waals surface area contributed by atoms with Crippen molar-refractivity contribution in [1.29, 1.82) is 0 Å². The molecule has 1 spiro atoms. The van der Waals surface area contributed by atoms with Crippen molar-refractivity contribution in [3.63, 3.8) is 0 Å². The van der Waals surface area contributed by atoms with Gasteiger partial charge in [-0.3, -0.25) is 4.90 Å². The van der Waals surface area contributed by atoms with Gasteiger partial charge >= 0.3 is 0 Å². The molecule has 2 heterocycles. The van der Waals surface area contributed by atoms with E-state index in [-0.39, 0.29) is 5.60 Å². The largest absolute Gasteiger partial charge is 0.374 e. The summed E-state index contributed by atoms with van der Waals surface area (Å²) in [6.45, 7) is 10.3. The molecule has 0 radical (unpaired) electrons. The van der Waals surface area contributed by atoms with Crippen LogP contribution in [0.3, 0.4) is 0 Å². The Kier molecular flexibility index (Phi) is 2.61. The highest BCUT2D eigenvalue weighted by molar-refractivity contribution is 4.95. The fraction of sp³-hybridized carbons (Fsp3) is 1.00. The summed E-state index contributed by atoms with van der Waals surface area (Å²) in [4.78, 5) is 2.59. The smallest absolute Gasteiger partial charge is 0.0810 e. The Morgan fingerprint density at radius 3 is 2.43 bits per heavy atom. The van der Waals surface area contributed by atoms with Crippen molar-refractivity contribution in [3.8, 4) is 0 Å². The van der Waals surface area contributed by atoms with Gasteiger partial charge in [0, 0.05) is 18.7 Å². The van der Waals surface area contributed by atoms with Crippen molar-refractivity contribution in [2.45, 2.75) is 57.6 Å². The maximum Gasteiger partial charge on any atom is 0.0810 e. The average Bonchev–Trinajstić information content (AvgIpc) is 2.52. The Bertz CT molecular complexity index is 201. The Hall–Kier alpha value is -0.0800. The highest BCUT2D eigenvalue weighted by atomic mass is 16.5. The van der Waals surface area contributed by atoms with Crippen LogP contribution in [0.1, 0.15) is 46.5 Å². The molecular formula is C12H23NO. The van der Waals surface area contributed by atoms with Crippen LogP contribution in [0.2, 0.25) is 0 Å². The second-order valence-electron chi connectivity index (χ2n) is 5.83. The maximum atomic E-state index is 5.97. The fourth-order valence-electron chi connectivity index (χ4n) is 2.75. The predicted molar refractivity (Wildman–Crippen MR) is 58.5 cm³/mol. The first-order valence-corrected chi connectivity index (χ1v) is 5.91. The van der Waals surface area contributed by atoms with E-state index in [4.69, 9.17) is 4.74 Å². The molecule has 0 saturated carbocycles. The van der Waals surface area contributed by atoms with Crippen molar-refractivity contribution in [3.05, 3.63) is 0 Å². The summed E-state index contributed by atoms with van der Waals surface area (Å²) >= 11 is 0. The lowest BCUT2D eigenvalue weighted by molar-refractivity contribution is -0.0724. The number of rotatable bonds is 0. The van der Waals surface area contributed by atoms with E-state index in [1.54, 1.807) is 0 Å². The van der Waals surface area contributed by atoms with Gasteiger partial charge in [0.1, 0.15) is 0 Å². The molecule has 2 nitrogen and oxygen atoms in total. The minimum atomic E-state index is 0.228. The molecule has 82 valence electrons. The van der Waals surface area contributed by atoms with Crippen LogP contribution >= 0.6 is 0 Å². The molecule has 1 unspecified atom stereocenters. The molecule has 2 rings (SSSR count). The Balaban J connectivity index is 2.03. The third kappa shape index (κ3) is 1.96. The van der Waals surface area contributed by atoms with Gasteiger partial charge in [-0.15, -0.1) is 0 Å². The summed E-state index contributed by atoms with van der Waals surface area (Å²) in [6.07, 6.45) is 5.12. The van der Waals surface area contributed by atoms with Crippen molar-refractivity contribution in [1.82, 2.24) is 4.90 Å². The lowest BCUT2D eigenvalue weighted by Crippen LogP contribution is -2.54. The first-order chi connectivity index (χ1) is 6.52. The lowest BCUT2D eigenvalue weighted by atomic mass is 9.87. The predicted octanol–water partition coefficient (Wildman–Crippen LogP) is 2.43. The molecule has 2 aliphatic heterocycles. The topological polar surface area (TPSA) is 12.5 Å². The molecule has 1 atom stereocenters. The van der Waals surface area contributed by atoms with E-state index in [0.29, 0.717) is 5.54 Å². The van der Waals surface area contributed by atoms with Gasteiger partial charge in [-0.2, -0.15) is 0 Å². The van der Waals surface area contributed by atoms with E-state index < -0.39 is 0 Å². The number of hydrogen-bond acceptors (Lipinski definition) is 2. The third-order valence-electron chi connectivity index (χ3n) is 3.67. The molecule has 2 aliphatic rings. The summed E-state index contributed by atoms with van der Waals surface area (Å²) in [6, 6.07) is 0. The first kappa shape index (κ1) is 10.4. The SMILES string of the molecule is CC(C)(C)N1CCCC2(CCCO2)C1. The molecular weight excluding hydrogens is 174 g/mol. The van der Waals surface area contributed by atoms with E-state index in [9.17, 15) is 0 Å². The normalized spacial score (nSPS) is 35.4. The Labute approximate surface area is 87.6 Å². The minimum absolute atomic E-state index is 0.228. The highest BCUT2D eigenvalue weighted by Crippen LogP contribution is 2.36. The zero-order chi connectivity index (χ0) is 10.2. The Morgan fingerprint density at radius 2 is 1.86 bits per heavy atom. The van der Waals surface area contributed by atoms with Crippen LogP contribution in [0.5, 0.6) is 0 Å². The van der Waals surface area contributed by atoms with Crippen LogP contribution < -0.4 is 0 Å². The monoisotopic (exact) mass is 197 g/mol. The lowest BCUT2D eigenvalue weighted by Gasteiger charge is -2.46. The molecule has 0 aromatic heterocycles. The van der Waals surface area contributed by atoms with Crippen LogP contribution in [0, 0.1) is 0 Å². The van der Waals surface area contributed by atoms with Crippen molar-refractivity contribution >= 4 is 0 Å².